The van der Waals surface area contributed by atoms with Gasteiger partial charge in [-0.3, -0.25) is 4.79 Å². The number of benzene rings is 1. The summed E-state index contributed by atoms with van der Waals surface area (Å²) in [5, 5.41) is 6.09. The first-order valence-electron chi connectivity index (χ1n) is 5.11. The van der Waals surface area contributed by atoms with E-state index in [1.165, 1.54) is 12.1 Å². The van der Waals surface area contributed by atoms with Crippen molar-refractivity contribution in [3.8, 4) is 0 Å². The average Bonchev–Trinajstić information content (AvgIpc) is 2.14. The van der Waals surface area contributed by atoms with Crippen LogP contribution in [0.3, 0.4) is 0 Å². The van der Waals surface area contributed by atoms with Crippen molar-refractivity contribution >= 4 is 29.9 Å². The molecule has 0 aromatic heterocycles. The van der Waals surface area contributed by atoms with Gasteiger partial charge in [0.15, 0.2) is 0 Å². The number of hydrogen-bond acceptors (Lipinski definition) is 2. The second-order valence-electron chi connectivity index (χ2n) is 3.86. The molecule has 1 amide bonds. The van der Waals surface area contributed by atoms with Crippen LogP contribution >= 0.6 is 24.0 Å². The Morgan fingerprint density at radius 3 is 2.76 bits per heavy atom. The van der Waals surface area contributed by atoms with Crippen molar-refractivity contribution in [3.05, 3.63) is 34.6 Å². The van der Waals surface area contributed by atoms with Gasteiger partial charge >= 0.3 is 0 Å². The lowest BCUT2D eigenvalue weighted by molar-refractivity contribution is 0.0938. The third-order valence-electron chi connectivity index (χ3n) is 2.59. The van der Waals surface area contributed by atoms with Crippen LogP contribution in [0.25, 0.3) is 0 Å². The van der Waals surface area contributed by atoms with E-state index in [-0.39, 0.29) is 28.9 Å². The SMILES string of the molecule is Cl.O=C(NCC1CNC1)c1ccc(Cl)cc1F. The van der Waals surface area contributed by atoms with E-state index in [0.717, 1.165) is 19.2 Å². The van der Waals surface area contributed by atoms with E-state index in [2.05, 4.69) is 10.6 Å². The van der Waals surface area contributed by atoms with Gasteiger partial charge in [0, 0.05) is 30.6 Å². The highest BCUT2D eigenvalue weighted by atomic mass is 35.5. The molecule has 0 saturated carbocycles. The maximum atomic E-state index is 13.4. The van der Waals surface area contributed by atoms with Crippen molar-refractivity contribution in [2.24, 2.45) is 5.92 Å². The quantitative estimate of drug-likeness (QED) is 0.886. The summed E-state index contributed by atoms with van der Waals surface area (Å²) >= 11 is 5.60. The Labute approximate surface area is 110 Å². The first-order valence-corrected chi connectivity index (χ1v) is 5.48. The highest BCUT2D eigenvalue weighted by molar-refractivity contribution is 6.30. The van der Waals surface area contributed by atoms with Crippen molar-refractivity contribution in [1.29, 1.82) is 0 Å². The van der Waals surface area contributed by atoms with Crippen LogP contribution in [-0.2, 0) is 0 Å². The summed E-state index contributed by atoms with van der Waals surface area (Å²) in [6.07, 6.45) is 0. The Bertz CT molecular complexity index is 410. The standard InChI is InChI=1S/C11H12ClFN2O.ClH/c12-8-1-2-9(10(13)3-8)11(16)15-6-7-4-14-5-7;/h1-3,7,14H,4-6H2,(H,15,16);1H. The van der Waals surface area contributed by atoms with Crippen LogP contribution in [0.2, 0.25) is 5.02 Å². The number of carbonyl (C=O) groups is 1. The van der Waals surface area contributed by atoms with Gasteiger partial charge in [-0.2, -0.15) is 0 Å². The lowest BCUT2D eigenvalue weighted by Crippen LogP contribution is -2.48. The highest BCUT2D eigenvalue weighted by Gasteiger charge is 2.18. The molecule has 1 aliphatic heterocycles. The lowest BCUT2D eigenvalue weighted by Gasteiger charge is -2.27. The molecule has 0 unspecified atom stereocenters. The number of nitrogens with one attached hydrogen (secondary N) is 2. The van der Waals surface area contributed by atoms with Crippen LogP contribution in [0.5, 0.6) is 0 Å². The van der Waals surface area contributed by atoms with Crippen LogP contribution < -0.4 is 10.6 Å². The van der Waals surface area contributed by atoms with E-state index < -0.39 is 5.82 Å². The molecule has 0 spiro atoms. The molecule has 0 bridgehead atoms. The van der Waals surface area contributed by atoms with E-state index in [4.69, 9.17) is 11.6 Å². The first kappa shape index (κ1) is 14.2. The second-order valence-corrected chi connectivity index (χ2v) is 4.29. The van der Waals surface area contributed by atoms with Crippen molar-refractivity contribution in [3.63, 3.8) is 0 Å². The summed E-state index contributed by atoms with van der Waals surface area (Å²) < 4.78 is 13.4. The van der Waals surface area contributed by atoms with Gasteiger partial charge in [0.2, 0.25) is 0 Å². The normalized spacial score (nSPS) is 14.7. The van der Waals surface area contributed by atoms with Gasteiger partial charge < -0.3 is 10.6 Å². The van der Waals surface area contributed by atoms with Gasteiger partial charge in [0.25, 0.3) is 5.91 Å². The van der Waals surface area contributed by atoms with Crippen molar-refractivity contribution < 1.29 is 9.18 Å². The third kappa shape index (κ3) is 3.56. The van der Waals surface area contributed by atoms with Crippen LogP contribution in [0, 0.1) is 11.7 Å². The molecule has 2 rings (SSSR count). The maximum absolute atomic E-state index is 13.4. The van der Waals surface area contributed by atoms with Crippen LogP contribution in [-0.4, -0.2) is 25.5 Å². The fourth-order valence-corrected chi connectivity index (χ4v) is 1.66. The Hall–Kier alpha value is -0.840. The van der Waals surface area contributed by atoms with Gasteiger partial charge in [0.05, 0.1) is 5.56 Å². The van der Waals surface area contributed by atoms with Crippen LogP contribution in [0.15, 0.2) is 18.2 Å². The highest BCUT2D eigenvalue weighted by Crippen LogP contribution is 2.14. The zero-order valence-corrected chi connectivity index (χ0v) is 10.6. The minimum absolute atomic E-state index is 0. The van der Waals surface area contributed by atoms with Crippen LogP contribution in [0.1, 0.15) is 10.4 Å². The van der Waals surface area contributed by atoms with Gasteiger partial charge in [0.1, 0.15) is 5.82 Å². The molecule has 1 aromatic rings. The summed E-state index contributed by atoms with van der Waals surface area (Å²) in [7, 11) is 0. The predicted molar refractivity (Wildman–Crippen MR) is 67.4 cm³/mol. The molecular weight excluding hydrogens is 266 g/mol. The molecule has 0 aliphatic carbocycles. The third-order valence-corrected chi connectivity index (χ3v) is 2.83. The maximum Gasteiger partial charge on any atom is 0.254 e. The molecule has 1 aliphatic rings. The fourth-order valence-electron chi connectivity index (χ4n) is 1.50. The molecule has 6 heteroatoms. The number of hydrogen-bond donors (Lipinski definition) is 2. The first-order chi connectivity index (χ1) is 7.66. The summed E-state index contributed by atoms with van der Waals surface area (Å²) in [6, 6.07) is 4.04. The molecule has 94 valence electrons. The average molecular weight is 279 g/mol. The number of rotatable bonds is 3. The minimum atomic E-state index is -0.586. The monoisotopic (exact) mass is 278 g/mol. The Morgan fingerprint density at radius 1 is 1.53 bits per heavy atom. The summed E-state index contributed by atoms with van der Waals surface area (Å²) in [5.41, 5.74) is 0.0386. The summed E-state index contributed by atoms with van der Waals surface area (Å²) in [6.45, 7) is 2.39. The molecule has 17 heavy (non-hydrogen) atoms. The minimum Gasteiger partial charge on any atom is -0.352 e. The Morgan fingerprint density at radius 2 is 2.24 bits per heavy atom. The lowest BCUT2D eigenvalue weighted by atomic mass is 10.0. The fraction of sp³-hybridized carbons (Fsp3) is 0.364. The molecule has 1 saturated heterocycles. The smallest absolute Gasteiger partial charge is 0.254 e. The molecule has 1 fully saturated rings. The topological polar surface area (TPSA) is 41.1 Å². The van der Waals surface area contributed by atoms with Gasteiger partial charge in [-0.05, 0) is 18.2 Å². The van der Waals surface area contributed by atoms with Crippen molar-refractivity contribution in [2.75, 3.05) is 19.6 Å². The van der Waals surface area contributed by atoms with Gasteiger partial charge in [-0.15, -0.1) is 12.4 Å². The molecule has 0 atom stereocenters. The van der Waals surface area contributed by atoms with Crippen LogP contribution in [0.4, 0.5) is 4.39 Å². The number of halogens is 3. The Balaban J connectivity index is 0.00000144. The zero-order chi connectivity index (χ0) is 11.5. The van der Waals surface area contributed by atoms with E-state index in [1.807, 2.05) is 0 Å². The van der Waals surface area contributed by atoms with Gasteiger partial charge in [-0.1, -0.05) is 11.6 Å². The largest absolute Gasteiger partial charge is 0.352 e. The molecule has 1 aromatic carbocycles. The van der Waals surface area contributed by atoms with E-state index in [1.54, 1.807) is 0 Å². The summed E-state index contributed by atoms with van der Waals surface area (Å²) in [4.78, 5) is 11.6. The number of carbonyl (C=O) groups excluding carboxylic acids is 1. The van der Waals surface area contributed by atoms with Gasteiger partial charge in [-0.25, -0.2) is 4.39 Å². The Kier molecular flexibility index (Phi) is 5.18. The second kappa shape index (κ2) is 6.19. The molecular formula is C11H13Cl2FN2O. The van der Waals surface area contributed by atoms with Crippen molar-refractivity contribution in [2.45, 2.75) is 0 Å². The molecule has 0 radical (unpaired) electrons. The zero-order valence-electron chi connectivity index (χ0n) is 9.00. The summed E-state index contributed by atoms with van der Waals surface area (Å²) in [5.74, 6) is -0.517. The molecule has 3 nitrogen and oxygen atoms in total. The van der Waals surface area contributed by atoms with E-state index in [0.29, 0.717) is 12.5 Å². The number of amides is 1. The molecule has 2 N–H and O–H groups in total. The predicted octanol–water partition coefficient (Wildman–Crippen LogP) is 1.85. The van der Waals surface area contributed by atoms with E-state index >= 15 is 0 Å². The van der Waals surface area contributed by atoms with Crippen molar-refractivity contribution in [1.82, 2.24) is 10.6 Å². The van der Waals surface area contributed by atoms with E-state index in [9.17, 15) is 9.18 Å². The molecule has 1 heterocycles.